The molecule has 15 heteroatoms. The quantitative estimate of drug-likeness (QED) is 0.261. The van der Waals surface area contributed by atoms with Crippen LogP contribution < -0.4 is 0 Å². The van der Waals surface area contributed by atoms with Crippen LogP contribution in [0.4, 0.5) is 21.0 Å². The third kappa shape index (κ3) is 5.80. The maximum atomic E-state index is 12.8. The molecule has 0 aliphatic carbocycles. The third-order valence-electron chi connectivity index (χ3n) is 5.32. The summed E-state index contributed by atoms with van der Waals surface area (Å²) in [5.41, 5.74) is 0.803. The van der Waals surface area contributed by atoms with Crippen LogP contribution in [0.1, 0.15) is 11.1 Å². The van der Waals surface area contributed by atoms with E-state index in [9.17, 15) is 39.4 Å². The van der Waals surface area contributed by atoms with E-state index in [0.717, 1.165) is 9.80 Å². The van der Waals surface area contributed by atoms with Gasteiger partial charge in [0.1, 0.15) is 0 Å². The highest BCUT2D eigenvalue weighted by Crippen LogP contribution is 2.34. The smallest absolute Gasteiger partial charge is 0.270 e. The molecular formula is C23H17N5O8S2. The highest BCUT2D eigenvalue weighted by Gasteiger charge is 2.38. The Kier molecular flexibility index (Phi) is 7.70. The van der Waals surface area contributed by atoms with E-state index >= 15 is 0 Å². The second-order valence-electron chi connectivity index (χ2n) is 8.06. The molecule has 0 atom stereocenters. The van der Waals surface area contributed by atoms with Gasteiger partial charge in [-0.3, -0.25) is 54.1 Å². The van der Waals surface area contributed by atoms with Crippen molar-refractivity contribution in [2.75, 3.05) is 20.4 Å². The number of hydrogen-bond acceptors (Lipinski definition) is 11. The molecule has 0 radical (unpaired) electrons. The molecule has 4 amide bonds. The number of imide groups is 2. The van der Waals surface area contributed by atoms with Gasteiger partial charge in [-0.25, -0.2) is 0 Å². The van der Waals surface area contributed by atoms with Crippen molar-refractivity contribution < 1.29 is 29.0 Å². The zero-order chi connectivity index (χ0) is 27.6. The number of nitrogens with zero attached hydrogens (tertiary/aromatic N) is 5. The van der Waals surface area contributed by atoms with Gasteiger partial charge >= 0.3 is 0 Å². The molecular weight excluding hydrogens is 538 g/mol. The van der Waals surface area contributed by atoms with Gasteiger partial charge in [0.25, 0.3) is 33.7 Å². The van der Waals surface area contributed by atoms with Crippen molar-refractivity contribution in [1.82, 2.24) is 14.7 Å². The molecule has 0 saturated carbocycles. The maximum absolute atomic E-state index is 12.8. The van der Waals surface area contributed by atoms with E-state index in [1.54, 1.807) is 0 Å². The predicted molar refractivity (Wildman–Crippen MR) is 139 cm³/mol. The number of hydrogen-bond donors (Lipinski definition) is 0. The average molecular weight is 556 g/mol. The average Bonchev–Trinajstić information content (AvgIpc) is 3.28. The molecule has 2 aliphatic rings. The van der Waals surface area contributed by atoms with Gasteiger partial charge in [-0.05, 0) is 78.1 Å². The van der Waals surface area contributed by atoms with Crippen molar-refractivity contribution in [3.8, 4) is 0 Å². The Hall–Kier alpha value is -4.34. The third-order valence-corrected chi connectivity index (χ3v) is 7.13. The molecule has 2 aromatic rings. The van der Waals surface area contributed by atoms with E-state index < -0.39 is 32.1 Å². The highest BCUT2D eigenvalue weighted by atomic mass is 32.2. The molecule has 194 valence electrons. The van der Waals surface area contributed by atoms with Crippen LogP contribution in [-0.2, 0) is 9.59 Å². The molecule has 2 heterocycles. The number of nitro benzene ring substituents is 2. The fourth-order valence-electron chi connectivity index (χ4n) is 3.46. The maximum Gasteiger partial charge on any atom is 0.294 e. The first kappa shape index (κ1) is 26.7. The van der Waals surface area contributed by atoms with Crippen molar-refractivity contribution >= 4 is 69.3 Å². The molecule has 2 aliphatic heterocycles. The lowest BCUT2D eigenvalue weighted by molar-refractivity contribution is -0.385. The van der Waals surface area contributed by atoms with Gasteiger partial charge < -0.3 is 0 Å². The van der Waals surface area contributed by atoms with Crippen LogP contribution in [0.3, 0.4) is 0 Å². The van der Waals surface area contributed by atoms with E-state index in [-0.39, 0.29) is 34.5 Å². The molecule has 0 spiro atoms. The Morgan fingerprint density at radius 3 is 1.37 bits per heavy atom. The molecule has 2 saturated heterocycles. The van der Waals surface area contributed by atoms with Crippen molar-refractivity contribution in [3.05, 3.63) is 89.7 Å². The summed E-state index contributed by atoms with van der Waals surface area (Å²) in [6.45, 7) is -0.378. The van der Waals surface area contributed by atoms with Gasteiger partial charge in [0.15, 0.2) is 0 Å². The lowest BCUT2D eigenvalue weighted by Crippen LogP contribution is -2.45. The minimum Gasteiger partial charge on any atom is -0.270 e. The first-order valence-corrected chi connectivity index (χ1v) is 12.3. The van der Waals surface area contributed by atoms with Crippen molar-refractivity contribution in [1.29, 1.82) is 0 Å². The number of non-ortho nitro benzene ring substituents is 2. The number of carbonyl (C=O) groups is 4. The molecule has 0 N–H and O–H groups in total. The Morgan fingerprint density at radius 2 is 1.05 bits per heavy atom. The molecule has 13 nitrogen and oxygen atoms in total. The van der Waals surface area contributed by atoms with Crippen LogP contribution in [0.15, 0.2) is 58.3 Å². The summed E-state index contributed by atoms with van der Waals surface area (Å²) in [4.78, 5) is 74.7. The Morgan fingerprint density at radius 1 is 0.711 bits per heavy atom. The van der Waals surface area contributed by atoms with E-state index in [0.29, 0.717) is 34.7 Å². The van der Waals surface area contributed by atoms with Crippen molar-refractivity contribution in [2.24, 2.45) is 0 Å². The topological polar surface area (TPSA) is 164 Å². The van der Waals surface area contributed by atoms with Gasteiger partial charge in [0.2, 0.25) is 0 Å². The number of rotatable bonds is 8. The van der Waals surface area contributed by atoms with Gasteiger partial charge in [-0.2, -0.15) is 0 Å². The summed E-state index contributed by atoms with van der Waals surface area (Å²) in [5.74, 6) is -1.14. The predicted octanol–water partition coefficient (Wildman–Crippen LogP) is 4.12. The summed E-state index contributed by atoms with van der Waals surface area (Å²) in [6.07, 6.45) is 2.90. The summed E-state index contributed by atoms with van der Waals surface area (Å²) >= 11 is 1.42. The standard InChI is InChI=1S/C23H17N5O8S2/c1-24(12-25-20(29)18(37-22(25)31)10-14-2-6-16(7-3-14)27(33)34)13-26-21(30)19(38-23(26)32)11-15-4-8-17(9-5-15)28(35)36/h2-11H,12-13H2,1H3/b18-10+,19-11+. The van der Waals surface area contributed by atoms with Gasteiger partial charge in [0, 0.05) is 24.3 Å². The van der Waals surface area contributed by atoms with Crippen LogP contribution in [0.25, 0.3) is 12.2 Å². The Balaban J connectivity index is 1.39. The zero-order valence-electron chi connectivity index (χ0n) is 19.5. The number of carbonyl (C=O) groups excluding carboxylic acids is 4. The van der Waals surface area contributed by atoms with E-state index in [1.165, 1.54) is 72.6 Å². The second-order valence-corrected chi connectivity index (χ2v) is 10.0. The lowest BCUT2D eigenvalue weighted by atomic mass is 10.2. The molecule has 4 rings (SSSR count). The SMILES string of the molecule is CN(CN1C(=O)S/C(=C/c2ccc([N+](=O)[O-])cc2)C1=O)CN1C(=O)S/C(=C/c2ccc([N+](=O)[O-])cc2)C1=O. The molecule has 0 unspecified atom stereocenters. The minimum absolute atomic E-state index is 0.105. The van der Waals surface area contributed by atoms with Crippen LogP contribution >= 0.6 is 23.5 Å². The molecule has 0 aromatic heterocycles. The first-order valence-electron chi connectivity index (χ1n) is 10.7. The van der Waals surface area contributed by atoms with Gasteiger partial charge in [0.05, 0.1) is 33.0 Å². The Bertz CT molecular complexity index is 1310. The van der Waals surface area contributed by atoms with E-state index in [1.807, 2.05) is 0 Å². The monoisotopic (exact) mass is 555 g/mol. The van der Waals surface area contributed by atoms with E-state index in [4.69, 9.17) is 0 Å². The number of amides is 4. The van der Waals surface area contributed by atoms with Gasteiger partial charge in [-0.1, -0.05) is 0 Å². The van der Waals surface area contributed by atoms with Crippen molar-refractivity contribution in [2.45, 2.75) is 0 Å². The number of nitro groups is 2. The highest BCUT2D eigenvalue weighted by molar-refractivity contribution is 8.18. The van der Waals surface area contributed by atoms with Crippen molar-refractivity contribution in [3.63, 3.8) is 0 Å². The summed E-state index contributed by atoms with van der Waals surface area (Å²) in [6, 6.07) is 11.0. The van der Waals surface area contributed by atoms with E-state index in [2.05, 4.69) is 0 Å². The fourth-order valence-corrected chi connectivity index (χ4v) is 5.12. The summed E-state index contributed by atoms with van der Waals surface area (Å²) < 4.78 is 0. The molecule has 0 bridgehead atoms. The minimum atomic E-state index is -0.572. The van der Waals surface area contributed by atoms with Crippen LogP contribution in [0, 0.1) is 20.2 Å². The first-order chi connectivity index (χ1) is 18.0. The second kappa shape index (κ2) is 11.0. The normalized spacial score (nSPS) is 17.9. The molecule has 2 fully saturated rings. The number of thioether (sulfide) groups is 2. The zero-order valence-corrected chi connectivity index (χ0v) is 21.1. The summed E-state index contributed by atoms with van der Waals surface area (Å²) in [7, 11) is 1.53. The molecule has 2 aromatic carbocycles. The molecule has 38 heavy (non-hydrogen) atoms. The van der Waals surface area contributed by atoms with Crippen LogP contribution in [0.2, 0.25) is 0 Å². The fraction of sp³-hybridized carbons (Fsp3) is 0.130. The summed E-state index contributed by atoms with van der Waals surface area (Å²) in [5, 5.41) is 20.5. The van der Waals surface area contributed by atoms with Crippen LogP contribution in [-0.4, -0.2) is 67.2 Å². The lowest BCUT2D eigenvalue weighted by Gasteiger charge is -2.25. The van der Waals surface area contributed by atoms with Gasteiger partial charge in [-0.15, -0.1) is 0 Å². The van der Waals surface area contributed by atoms with Crippen LogP contribution in [0.5, 0.6) is 0 Å². The largest absolute Gasteiger partial charge is 0.294 e. The number of benzene rings is 2. The Labute approximate surface area is 223 Å².